The van der Waals surface area contributed by atoms with Gasteiger partial charge in [0.05, 0.1) is 18.9 Å². The van der Waals surface area contributed by atoms with Gasteiger partial charge in [0.25, 0.3) is 0 Å². The number of rotatable bonds is 7. The molecular formula is C10H18N2O2S. The largest absolute Gasteiger partial charge is 0.383 e. The van der Waals surface area contributed by atoms with E-state index in [1.807, 2.05) is 0 Å². The Bertz CT molecular complexity index is 278. The highest BCUT2D eigenvalue weighted by molar-refractivity contribution is 7.09. The highest BCUT2D eigenvalue weighted by Crippen LogP contribution is 2.10. The van der Waals surface area contributed by atoms with Gasteiger partial charge in [-0.1, -0.05) is 0 Å². The maximum Gasteiger partial charge on any atom is 0.119 e. The quantitative estimate of drug-likeness (QED) is 0.769. The molecule has 1 N–H and O–H groups in total. The predicted octanol–water partition coefficient (Wildman–Crippen LogP) is 1.41. The van der Waals surface area contributed by atoms with Crippen molar-refractivity contribution in [2.24, 2.45) is 0 Å². The lowest BCUT2D eigenvalue weighted by Crippen LogP contribution is -2.29. The van der Waals surface area contributed by atoms with E-state index in [9.17, 15) is 0 Å². The number of aromatic nitrogens is 1. The van der Waals surface area contributed by atoms with E-state index >= 15 is 0 Å². The topological polar surface area (TPSA) is 43.4 Å². The molecule has 0 aliphatic rings. The van der Waals surface area contributed by atoms with Gasteiger partial charge in [-0.2, -0.15) is 0 Å². The molecule has 5 heteroatoms. The van der Waals surface area contributed by atoms with Gasteiger partial charge in [-0.3, -0.25) is 0 Å². The molecule has 0 fully saturated rings. The molecule has 0 bridgehead atoms. The molecule has 1 atom stereocenters. The SMILES string of the molecule is COCc1nc(CNC(C)COC)cs1. The fourth-order valence-electron chi connectivity index (χ4n) is 1.21. The van der Waals surface area contributed by atoms with E-state index < -0.39 is 0 Å². The number of nitrogens with zero attached hydrogens (tertiary/aromatic N) is 1. The molecule has 0 radical (unpaired) electrons. The zero-order valence-electron chi connectivity index (χ0n) is 9.45. The first-order valence-electron chi connectivity index (χ1n) is 4.90. The number of thiazole rings is 1. The summed E-state index contributed by atoms with van der Waals surface area (Å²) in [5.74, 6) is 0. The first kappa shape index (κ1) is 12.6. The third kappa shape index (κ3) is 4.70. The summed E-state index contributed by atoms with van der Waals surface area (Å²) in [5, 5.41) is 6.41. The molecule has 0 amide bonds. The van der Waals surface area contributed by atoms with Crippen LogP contribution in [0.25, 0.3) is 0 Å². The van der Waals surface area contributed by atoms with Crippen molar-refractivity contribution in [3.05, 3.63) is 16.1 Å². The van der Waals surface area contributed by atoms with E-state index in [-0.39, 0.29) is 0 Å². The predicted molar refractivity (Wildman–Crippen MR) is 61.0 cm³/mol. The Morgan fingerprint density at radius 3 is 2.93 bits per heavy atom. The van der Waals surface area contributed by atoms with Crippen LogP contribution in [0.1, 0.15) is 17.6 Å². The standard InChI is InChI=1S/C10H18N2O2S/c1-8(5-13-2)11-4-9-7-15-10(12-9)6-14-3/h7-8,11H,4-6H2,1-3H3. The molecule has 0 spiro atoms. The summed E-state index contributed by atoms with van der Waals surface area (Å²) in [6.07, 6.45) is 0. The molecule has 1 aromatic heterocycles. The van der Waals surface area contributed by atoms with Crippen LogP contribution in [0.5, 0.6) is 0 Å². The Balaban J connectivity index is 2.30. The van der Waals surface area contributed by atoms with Gasteiger partial charge < -0.3 is 14.8 Å². The van der Waals surface area contributed by atoms with Crippen LogP contribution >= 0.6 is 11.3 Å². The van der Waals surface area contributed by atoms with Gasteiger partial charge in [0.1, 0.15) is 5.01 Å². The van der Waals surface area contributed by atoms with Crippen LogP contribution in [-0.2, 0) is 22.6 Å². The summed E-state index contributed by atoms with van der Waals surface area (Å²) in [6.45, 7) is 4.18. The van der Waals surface area contributed by atoms with Crippen molar-refractivity contribution < 1.29 is 9.47 Å². The Labute approximate surface area is 94.6 Å². The minimum Gasteiger partial charge on any atom is -0.383 e. The average molecular weight is 230 g/mol. The van der Waals surface area contributed by atoms with Crippen molar-refractivity contribution in [2.75, 3.05) is 20.8 Å². The second kappa shape index (κ2) is 6.90. The first-order chi connectivity index (χ1) is 7.26. The van der Waals surface area contributed by atoms with E-state index in [1.165, 1.54) is 0 Å². The zero-order valence-corrected chi connectivity index (χ0v) is 10.3. The third-order valence-corrected chi connectivity index (χ3v) is 2.79. The van der Waals surface area contributed by atoms with E-state index in [0.29, 0.717) is 12.6 Å². The lowest BCUT2D eigenvalue weighted by Gasteiger charge is -2.10. The van der Waals surface area contributed by atoms with Crippen molar-refractivity contribution in [1.29, 1.82) is 0 Å². The number of nitrogens with one attached hydrogen (secondary N) is 1. The summed E-state index contributed by atoms with van der Waals surface area (Å²) in [4.78, 5) is 4.42. The molecule has 1 heterocycles. The maximum atomic E-state index is 5.04. The number of methoxy groups -OCH3 is 2. The molecule has 1 unspecified atom stereocenters. The fourth-order valence-corrected chi connectivity index (χ4v) is 1.97. The summed E-state index contributed by atoms with van der Waals surface area (Å²) in [5.41, 5.74) is 1.06. The highest BCUT2D eigenvalue weighted by atomic mass is 32.1. The van der Waals surface area contributed by atoms with Crippen LogP contribution in [0.3, 0.4) is 0 Å². The van der Waals surface area contributed by atoms with Crippen molar-refractivity contribution >= 4 is 11.3 Å². The van der Waals surface area contributed by atoms with E-state index in [1.54, 1.807) is 25.6 Å². The second-order valence-corrected chi connectivity index (χ2v) is 4.35. The number of hydrogen-bond donors (Lipinski definition) is 1. The van der Waals surface area contributed by atoms with Gasteiger partial charge in [0.15, 0.2) is 0 Å². The van der Waals surface area contributed by atoms with Crippen LogP contribution < -0.4 is 5.32 Å². The molecule has 0 saturated carbocycles. The van der Waals surface area contributed by atoms with Gasteiger partial charge in [0, 0.05) is 32.2 Å². The molecule has 0 aromatic carbocycles. The summed E-state index contributed by atoms with van der Waals surface area (Å²) in [7, 11) is 3.39. The van der Waals surface area contributed by atoms with E-state index in [2.05, 4.69) is 22.6 Å². The van der Waals surface area contributed by atoms with Crippen molar-refractivity contribution in [3.63, 3.8) is 0 Å². The Morgan fingerprint density at radius 1 is 1.47 bits per heavy atom. The van der Waals surface area contributed by atoms with Crippen molar-refractivity contribution in [2.45, 2.75) is 26.1 Å². The molecule has 0 aliphatic heterocycles. The Morgan fingerprint density at radius 2 is 2.27 bits per heavy atom. The molecule has 1 rings (SSSR count). The molecule has 86 valence electrons. The van der Waals surface area contributed by atoms with E-state index in [0.717, 1.165) is 23.9 Å². The van der Waals surface area contributed by atoms with Crippen LogP contribution in [0.4, 0.5) is 0 Å². The van der Waals surface area contributed by atoms with Gasteiger partial charge >= 0.3 is 0 Å². The van der Waals surface area contributed by atoms with Gasteiger partial charge in [-0.05, 0) is 6.92 Å². The smallest absolute Gasteiger partial charge is 0.119 e. The molecule has 1 aromatic rings. The van der Waals surface area contributed by atoms with Crippen molar-refractivity contribution in [1.82, 2.24) is 10.3 Å². The molecular weight excluding hydrogens is 212 g/mol. The molecule has 15 heavy (non-hydrogen) atoms. The van der Waals surface area contributed by atoms with Crippen molar-refractivity contribution in [3.8, 4) is 0 Å². The minimum absolute atomic E-state index is 0.350. The number of ether oxygens (including phenoxy) is 2. The maximum absolute atomic E-state index is 5.04. The van der Waals surface area contributed by atoms with E-state index in [4.69, 9.17) is 9.47 Å². The lowest BCUT2D eigenvalue weighted by atomic mass is 10.3. The van der Waals surface area contributed by atoms with Gasteiger partial charge in [-0.15, -0.1) is 11.3 Å². The number of hydrogen-bond acceptors (Lipinski definition) is 5. The molecule has 0 saturated heterocycles. The molecule has 0 aliphatic carbocycles. The van der Waals surface area contributed by atoms with Gasteiger partial charge in [0.2, 0.25) is 0 Å². The van der Waals surface area contributed by atoms with Gasteiger partial charge in [-0.25, -0.2) is 4.98 Å². The second-order valence-electron chi connectivity index (χ2n) is 3.40. The minimum atomic E-state index is 0.350. The first-order valence-corrected chi connectivity index (χ1v) is 5.78. The monoisotopic (exact) mass is 230 g/mol. The molecule has 4 nitrogen and oxygen atoms in total. The Hall–Kier alpha value is -0.490. The normalized spacial score (nSPS) is 13.0. The summed E-state index contributed by atoms with van der Waals surface area (Å²) in [6, 6.07) is 0.350. The summed E-state index contributed by atoms with van der Waals surface area (Å²) >= 11 is 1.63. The van der Waals surface area contributed by atoms with Crippen LogP contribution in [0, 0.1) is 0 Å². The average Bonchev–Trinajstić information content (AvgIpc) is 2.64. The third-order valence-electron chi connectivity index (χ3n) is 1.92. The Kier molecular flexibility index (Phi) is 5.78. The van der Waals surface area contributed by atoms with Crippen LogP contribution in [-0.4, -0.2) is 31.9 Å². The zero-order chi connectivity index (χ0) is 11.1. The fraction of sp³-hybridized carbons (Fsp3) is 0.700. The van der Waals surface area contributed by atoms with Crippen LogP contribution in [0.15, 0.2) is 5.38 Å². The lowest BCUT2D eigenvalue weighted by molar-refractivity contribution is 0.171. The highest BCUT2D eigenvalue weighted by Gasteiger charge is 2.04. The van der Waals surface area contributed by atoms with Crippen LogP contribution in [0.2, 0.25) is 0 Å². The summed E-state index contributed by atoms with van der Waals surface area (Å²) < 4.78 is 10.0.